The fourth-order valence-electron chi connectivity index (χ4n) is 3.39. The summed E-state index contributed by atoms with van der Waals surface area (Å²) in [4.78, 5) is 38.3. The first-order valence-electron chi connectivity index (χ1n) is 8.94. The molecule has 2 heterocycles. The molecule has 2 amide bonds. The summed E-state index contributed by atoms with van der Waals surface area (Å²) in [5, 5.41) is 14.1. The van der Waals surface area contributed by atoms with Gasteiger partial charge in [-0.1, -0.05) is 42.1 Å². The van der Waals surface area contributed by atoms with E-state index in [0.29, 0.717) is 11.3 Å². The molecule has 0 spiro atoms. The predicted octanol–water partition coefficient (Wildman–Crippen LogP) is 1.89. The number of amides is 2. The number of benzene rings is 1. The molecule has 0 aliphatic carbocycles. The second kappa shape index (κ2) is 8.62. The van der Waals surface area contributed by atoms with Crippen molar-refractivity contribution in [2.24, 2.45) is 5.92 Å². The number of aliphatic hydroxyl groups is 1. The smallest absolute Gasteiger partial charge is 0.356 e. The van der Waals surface area contributed by atoms with Crippen molar-refractivity contribution in [2.75, 3.05) is 0 Å². The third-order valence-corrected chi connectivity index (χ3v) is 5.58. The summed E-state index contributed by atoms with van der Waals surface area (Å²) in [6, 6.07) is 9.04. The topological polar surface area (TPSA) is 95.9 Å². The molecule has 0 radical (unpaired) electrons. The van der Waals surface area contributed by atoms with Crippen molar-refractivity contribution in [2.45, 2.75) is 39.0 Å². The molecule has 1 saturated heterocycles. The highest BCUT2D eigenvalue weighted by atomic mass is 32.2. The number of carbonyl (C=O) groups excluding carboxylic acids is 3. The van der Waals surface area contributed by atoms with Gasteiger partial charge in [-0.25, -0.2) is 4.79 Å². The standard InChI is InChI=1S/C20H22N2O5S/c1-12(23)17-15-10-16(28-9-8-21-13(2)24)18(22(15)19(17)25)20(26)27-11-14-6-4-3-5-7-14/h3-9,12,15,17,23H,10-11H2,1-2H3,(H,21,24)/b9-8-/t12-,15+,17+/m0/s1. The quantitative estimate of drug-likeness (QED) is 0.534. The van der Waals surface area contributed by atoms with Crippen LogP contribution in [0.15, 0.2) is 52.5 Å². The summed E-state index contributed by atoms with van der Waals surface area (Å²) in [6.45, 7) is 3.08. The van der Waals surface area contributed by atoms with E-state index in [1.54, 1.807) is 12.3 Å². The van der Waals surface area contributed by atoms with Gasteiger partial charge < -0.3 is 20.1 Å². The number of thioether (sulfide) groups is 1. The van der Waals surface area contributed by atoms with Gasteiger partial charge in [0.25, 0.3) is 0 Å². The van der Waals surface area contributed by atoms with Gasteiger partial charge in [-0.15, -0.1) is 0 Å². The molecule has 0 bridgehead atoms. The van der Waals surface area contributed by atoms with Gasteiger partial charge in [-0.05, 0) is 17.9 Å². The fraction of sp³-hybridized carbons (Fsp3) is 0.350. The molecule has 3 atom stereocenters. The van der Waals surface area contributed by atoms with Gasteiger partial charge in [-0.2, -0.15) is 0 Å². The molecule has 148 valence electrons. The van der Waals surface area contributed by atoms with Crippen molar-refractivity contribution in [3.63, 3.8) is 0 Å². The molecule has 0 unspecified atom stereocenters. The lowest BCUT2D eigenvalue weighted by Crippen LogP contribution is -2.61. The number of fused-ring (bicyclic) bond motifs is 1. The van der Waals surface area contributed by atoms with Crippen molar-refractivity contribution >= 4 is 29.5 Å². The Labute approximate surface area is 167 Å². The Balaban J connectivity index is 1.76. The van der Waals surface area contributed by atoms with Crippen LogP contribution in [0, 0.1) is 5.92 Å². The Morgan fingerprint density at radius 2 is 2.11 bits per heavy atom. The van der Waals surface area contributed by atoms with Crippen LogP contribution < -0.4 is 5.32 Å². The molecule has 7 nitrogen and oxygen atoms in total. The third-order valence-electron chi connectivity index (χ3n) is 4.66. The van der Waals surface area contributed by atoms with Gasteiger partial charge in [0.2, 0.25) is 11.8 Å². The van der Waals surface area contributed by atoms with E-state index < -0.39 is 18.0 Å². The predicted molar refractivity (Wildman–Crippen MR) is 104 cm³/mol. The number of esters is 1. The molecule has 1 fully saturated rings. The highest BCUT2D eigenvalue weighted by Gasteiger charge is 2.56. The number of hydrogen-bond acceptors (Lipinski definition) is 6. The van der Waals surface area contributed by atoms with E-state index >= 15 is 0 Å². The van der Waals surface area contributed by atoms with Gasteiger partial charge in [0.1, 0.15) is 12.3 Å². The van der Waals surface area contributed by atoms with Crippen LogP contribution in [0.3, 0.4) is 0 Å². The molecular weight excluding hydrogens is 380 g/mol. The number of β-lactam (4-membered cyclic amide) rings is 1. The molecule has 3 rings (SSSR count). The van der Waals surface area contributed by atoms with E-state index in [0.717, 1.165) is 5.56 Å². The van der Waals surface area contributed by atoms with Crippen LogP contribution in [0.4, 0.5) is 0 Å². The van der Waals surface area contributed by atoms with E-state index in [2.05, 4.69) is 5.32 Å². The Bertz CT molecular complexity index is 834. The van der Waals surface area contributed by atoms with Gasteiger partial charge in [0.05, 0.1) is 18.1 Å². The monoisotopic (exact) mass is 402 g/mol. The number of nitrogens with one attached hydrogen (secondary N) is 1. The van der Waals surface area contributed by atoms with Gasteiger partial charge in [0.15, 0.2) is 0 Å². The normalized spacial score (nSPS) is 22.1. The van der Waals surface area contributed by atoms with Crippen molar-refractivity contribution in [3.8, 4) is 0 Å². The Hall–Kier alpha value is -2.58. The zero-order valence-corrected chi connectivity index (χ0v) is 16.4. The van der Waals surface area contributed by atoms with Crippen LogP contribution in [0.1, 0.15) is 25.8 Å². The Morgan fingerprint density at radius 3 is 2.75 bits per heavy atom. The van der Waals surface area contributed by atoms with Gasteiger partial charge in [0, 0.05) is 24.4 Å². The second-order valence-corrected chi connectivity index (χ2v) is 7.70. The summed E-state index contributed by atoms with van der Waals surface area (Å²) >= 11 is 1.26. The van der Waals surface area contributed by atoms with Crippen LogP contribution in [0.5, 0.6) is 0 Å². The molecule has 1 aromatic carbocycles. The maximum Gasteiger partial charge on any atom is 0.356 e. The van der Waals surface area contributed by atoms with Crippen LogP contribution in [-0.4, -0.2) is 39.9 Å². The summed E-state index contributed by atoms with van der Waals surface area (Å²) in [5.74, 6) is -1.56. The minimum absolute atomic E-state index is 0.107. The fourth-order valence-corrected chi connectivity index (χ4v) is 4.25. The van der Waals surface area contributed by atoms with E-state index in [-0.39, 0.29) is 30.2 Å². The van der Waals surface area contributed by atoms with Crippen molar-refractivity contribution in [1.29, 1.82) is 0 Å². The van der Waals surface area contributed by atoms with Gasteiger partial charge >= 0.3 is 5.97 Å². The molecule has 2 aliphatic rings. The zero-order valence-electron chi connectivity index (χ0n) is 15.6. The van der Waals surface area contributed by atoms with Crippen molar-refractivity contribution in [3.05, 3.63) is 58.1 Å². The number of rotatable bonds is 7. The first kappa shape index (κ1) is 20.2. The lowest BCUT2D eigenvalue weighted by molar-refractivity contribution is -0.162. The zero-order chi connectivity index (χ0) is 20.3. The number of hydrogen-bond donors (Lipinski definition) is 2. The molecule has 2 N–H and O–H groups in total. The largest absolute Gasteiger partial charge is 0.456 e. The van der Waals surface area contributed by atoms with Crippen LogP contribution in [0.2, 0.25) is 0 Å². The number of aliphatic hydroxyl groups excluding tert-OH is 1. The number of ether oxygens (including phenoxy) is 1. The lowest BCUT2D eigenvalue weighted by atomic mass is 9.83. The van der Waals surface area contributed by atoms with Crippen LogP contribution in [0.25, 0.3) is 0 Å². The van der Waals surface area contributed by atoms with Crippen molar-refractivity contribution in [1.82, 2.24) is 10.2 Å². The average Bonchev–Trinajstić information content (AvgIpc) is 2.98. The molecule has 1 aromatic rings. The molecular formula is C20H22N2O5S. The molecule has 8 heteroatoms. The highest BCUT2D eigenvalue weighted by Crippen LogP contribution is 2.47. The van der Waals surface area contributed by atoms with E-state index in [1.807, 2.05) is 30.3 Å². The SMILES string of the molecule is CC(=O)N/C=C\SC1=C(C(=O)OCc2ccccc2)N2C(=O)[C@H]([C@H](C)O)[C@H]2C1. The summed E-state index contributed by atoms with van der Waals surface area (Å²) < 4.78 is 5.42. The third kappa shape index (κ3) is 4.13. The first-order chi connectivity index (χ1) is 13.4. The molecule has 0 aromatic heterocycles. The van der Waals surface area contributed by atoms with E-state index in [1.165, 1.54) is 29.8 Å². The van der Waals surface area contributed by atoms with E-state index in [4.69, 9.17) is 4.74 Å². The average molecular weight is 402 g/mol. The lowest BCUT2D eigenvalue weighted by Gasteiger charge is -2.44. The highest BCUT2D eigenvalue weighted by molar-refractivity contribution is 8.05. The maximum absolute atomic E-state index is 12.7. The van der Waals surface area contributed by atoms with Crippen molar-refractivity contribution < 1.29 is 24.2 Å². The Kier molecular flexibility index (Phi) is 6.21. The maximum atomic E-state index is 12.7. The summed E-state index contributed by atoms with van der Waals surface area (Å²) in [7, 11) is 0. The molecule has 28 heavy (non-hydrogen) atoms. The summed E-state index contributed by atoms with van der Waals surface area (Å²) in [6.07, 6.45) is 1.16. The summed E-state index contributed by atoms with van der Waals surface area (Å²) in [5.41, 5.74) is 1.07. The Morgan fingerprint density at radius 1 is 1.39 bits per heavy atom. The van der Waals surface area contributed by atoms with Gasteiger partial charge in [-0.3, -0.25) is 9.59 Å². The minimum atomic E-state index is -0.783. The minimum Gasteiger partial charge on any atom is -0.456 e. The number of carbonyl (C=O) groups is 3. The second-order valence-electron chi connectivity index (χ2n) is 6.70. The molecule has 0 saturated carbocycles. The van der Waals surface area contributed by atoms with Crippen LogP contribution in [-0.2, 0) is 25.7 Å². The van der Waals surface area contributed by atoms with Crippen LogP contribution >= 0.6 is 11.8 Å². The first-order valence-corrected chi connectivity index (χ1v) is 9.82. The molecule has 2 aliphatic heterocycles. The number of nitrogens with zero attached hydrogens (tertiary/aromatic N) is 1. The van der Waals surface area contributed by atoms with E-state index in [9.17, 15) is 19.5 Å².